The second-order valence-electron chi connectivity index (χ2n) is 10.0. The number of aromatic amines is 1. The molecule has 2 aliphatic rings. The van der Waals surface area contributed by atoms with Crippen molar-refractivity contribution in [2.75, 3.05) is 6.54 Å². The third-order valence-electron chi connectivity index (χ3n) is 7.23. The fraction of sp³-hybridized carbons (Fsp3) is 0.182. The van der Waals surface area contributed by atoms with Crippen LogP contribution >= 0.6 is 11.3 Å². The van der Waals surface area contributed by atoms with E-state index in [2.05, 4.69) is 41.5 Å². The van der Waals surface area contributed by atoms with Gasteiger partial charge in [0.1, 0.15) is 10.3 Å². The summed E-state index contributed by atoms with van der Waals surface area (Å²) in [6.45, 7) is 4.50. The summed E-state index contributed by atoms with van der Waals surface area (Å²) in [5.74, 6) is -0.391. The van der Waals surface area contributed by atoms with Gasteiger partial charge in [0.05, 0.1) is 0 Å². The van der Waals surface area contributed by atoms with Gasteiger partial charge in [-0.15, -0.1) is 11.3 Å². The van der Waals surface area contributed by atoms with Gasteiger partial charge in [-0.2, -0.15) is 8.42 Å². The number of thiophene rings is 1. The molecule has 6 nitrogen and oxygen atoms in total. The van der Waals surface area contributed by atoms with Gasteiger partial charge in [0.15, 0.2) is 0 Å². The Hall–Kier alpha value is -4.32. The zero-order valence-corrected chi connectivity index (χ0v) is 24.5. The molecule has 6 rings (SSSR count). The van der Waals surface area contributed by atoms with Crippen molar-refractivity contribution in [2.24, 2.45) is 0 Å². The highest BCUT2D eigenvalue weighted by atomic mass is 32.2. The van der Waals surface area contributed by atoms with Gasteiger partial charge in [-0.05, 0) is 64.2 Å². The number of benzene rings is 3. The molecule has 2 aromatic heterocycles. The van der Waals surface area contributed by atoms with Crippen LogP contribution in [0, 0.1) is 19.4 Å². The first kappa shape index (κ1) is 28.2. The van der Waals surface area contributed by atoms with E-state index in [4.69, 9.17) is 6.42 Å². The predicted octanol–water partition coefficient (Wildman–Crippen LogP) is 6.32. The van der Waals surface area contributed by atoms with Crippen LogP contribution in [0.1, 0.15) is 29.5 Å². The number of amides is 1. The first-order valence-electron chi connectivity index (χ1n) is 13.3. The molecule has 2 unspecified atom stereocenters. The van der Waals surface area contributed by atoms with E-state index < -0.39 is 22.0 Å². The molecule has 0 spiro atoms. The van der Waals surface area contributed by atoms with Crippen LogP contribution < -0.4 is 5.32 Å². The zero-order valence-electron chi connectivity index (χ0n) is 22.9. The van der Waals surface area contributed by atoms with Gasteiger partial charge in [-0.1, -0.05) is 80.1 Å². The number of carbonyl (C=O) groups is 1. The number of H-pyrrole nitrogens is 1. The van der Waals surface area contributed by atoms with Gasteiger partial charge < -0.3 is 10.3 Å². The number of rotatable bonds is 9. The van der Waals surface area contributed by atoms with Crippen molar-refractivity contribution in [3.8, 4) is 23.6 Å². The summed E-state index contributed by atoms with van der Waals surface area (Å²) in [6.07, 6.45) is 7.63. The van der Waals surface area contributed by atoms with E-state index in [-0.39, 0.29) is 16.5 Å². The van der Waals surface area contributed by atoms with Crippen LogP contribution in [0.4, 0.5) is 0 Å². The Morgan fingerprint density at radius 3 is 2.41 bits per heavy atom. The Balaban J connectivity index is 0.000000414. The summed E-state index contributed by atoms with van der Waals surface area (Å²) in [6, 6.07) is 28.3. The second kappa shape index (κ2) is 12.0. The lowest BCUT2D eigenvalue weighted by Crippen LogP contribution is -2.49. The lowest BCUT2D eigenvalue weighted by molar-refractivity contribution is -0.124. The van der Waals surface area contributed by atoms with Crippen molar-refractivity contribution >= 4 is 38.2 Å². The molecule has 41 heavy (non-hydrogen) atoms. The average Bonchev–Trinajstić information content (AvgIpc) is 3.29. The number of hydrogen-bond acceptors (Lipinski definition) is 4. The van der Waals surface area contributed by atoms with Crippen molar-refractivity contribution in [2.45, 2.75) is 36.4 Å². The van der Waals surface area contributed by atoms with E-state index >= 15 is 0 Å². The molecule has 1 amide bonds. The molecule has 2 aromatic carbocycles. The Morgan fingerprint density at radius 1 is 1.05 bits per heavy atom. The normalized spacial score (nSPS) is 12.9. The minimum Gasteiger partial charge on any atom is -0.361 e. The largest absolute Gasteiger partial charge is 0.361 e. The monoisotopic (exact) mass is 581 g/mol. The predicted molar refractivity (Wildman–Crippen MR) is 166 cm³/mol. The highest BCUT2D eigenvalue weighted by molar-refractivity contribution is 7.91. The average molecular weight is 582 g/mol. The van der Waals surface area contributed by atoms with Crippen molar-refractivity contribution in [3.63, 3.8) is 0 Å². The van der Waals surface area contributed by atoms with Gasteiger partial charge in [-0.25, -0.2) is 4.31 Å². The summed E-state index contributed by atoms with van der Waals surface area (Å²) in [4.78, 5) is 16.6. The number of nitrogens with zero attached hydrogens (tertiary/aromatic N) is 1. The zero-order chi connectivity index (χ0) is 29.0. The number of aryl methyl sites for hydroxylation is 1. The maximum absolute atomic E-state index is 13.4. The van der Waals surface area contributed by atoms with Crippen LogP contribution in [0.5, 0.6) is 0 Å². The molecule has 0 saturated heterocycles. The van der Waals surface area contributed by atoms with Crippen LogP contribution in [0.25, 0.3) is 22.0 Å². The van der Waals surface area contributed by atoms with Gasteiger partial charge >= 0.3 is 0 Å². The molecule has 8 heteroatoms. The third kappa shape index (κ3) is 6.22. The Labute approximate surface area is 245 Å². The minimum atomic E-state index is -4.05. The van der Waals surface area contributed by atoms with Crippen LogP contribution in [-0.2, 0) is 21.2 Å². The number of carbonyl (C=O) groups excluding carboxylic acids is 1. The van der Waals surface area contributed by atoms with Gasteiger partial charge in [0.25, 0.3) is 10.0 Å². The summed E-state index contributed by atoms with van der Waals surface area (Å²) >= 11 is 1.07. The van der Waals surface area contributed by atoms with E-state index in [1.165, 1.54) is 22.8 Å². The van der Waals surface area contributed by atoms with Crippen molar-refractivity contribution in [3.05, 3.63) is 113 Å². The molecule has 2 heterocycles. The Kier molecular flexibility index (Phi) is 8.29. The number of hydrogen-bond donors (Lipinski definition) is 2. The fourth-order valence-electron chi connectivity index (χ4n) is 4.80. The molecular formula is C33H31N3O3S2. The minimum absolute atomic E-state index is 0.0482. The quantitative estimate of drug-likeness (QED) is 0.155. The summed E-state index contributed by atoms with van der Waals surface area (Å²) in [7, 11) is -4.05. The SMILES string of the molecule is C#CN(C(Cc1c[nH]c2ccccc12)C(=O)NCC(C)c1ccccc1)S(=O)(=O)c1cccs1.Cc1ccc2cc1-2. The lowest BCUT2D eigenvalue weighted by Gasteiger charge is -2.27. The smallest absolute Gasteiger partial charge is 0.281 e. The van der Waals surface area contributed by atoms with E-state index in [9.17, 15) is 13.2 Å². The molecule has 0 bridgehead atoms. The van der Waals surface area contributed by atoms with E-state index in [1.807, 2.05) is 61.5 Å². The Morgan fingerprint density at radius 2 is 1.80 bits per heavy atom. The fourth-order valence-corrected chi connectivity index (χ4v) is 7.23. The topological polar surface area (TPSA) is 82.3 Å². The van der Waals surface area contributed by atoms with Crippen molar-refractivity contribution in [1.29, 1.82) is 0 Å². The molecule has 0 fully saturated rings. The number of para-hydroxylation sites is 1. The van der Waals surface area contributed by atoms with Crippen LogP contribution in [0.15, 0.2) is 101 Å². The molecule has 4 aromatic rings. The summed E-state index contributed by atoms with van der Waals surface area (Å²) in [5.41, 5.74) is 7.14. The summed E-state index contributed by atoms with van der Waals surface area (Å²) in [5, 5.41) is 5.51. The number of terminal acetylenes is 1. The van der Waals surface area contributed by atoms with Crippen LogP contribution in [0.3, 0.4) is 0 Å². The first-order chi connectivity index (χ1) is 19.8. The maximum atomic E-state index is 13.4. The maximum Gasteiger partial charge on any atom is 0.281 e. The van der Waals surface area contributed by atoms with Gasteiger partial charge in [0, 0.05) is 36.1 Å². The van der Waals surface area contributed by atoms with Gasteiger partial charge in [-0.3, -0.25) is 4.79 Å². The van der Waals surface area contributed by atoms with E-state index in [0.717, 1.165) is 37.7 Å². The van der Waals surface area contributed by atoms with E-state index in [0.29, 0.717) is 6.54 Å². The second-order valence-corrected chi connectivity index (χ2v) is 13.0. The first-order valence-corrected chi connectivity index (χ1v) is 15.6. The molecular weight excluding hydrogens is 551 g/mol. The summed E-state index contributed by atoms with van der Waals surface area (Å²) < 4.78 is 27.6. The molecule has 208 valence electrons. The van der Waals surface area contributed by atoms with Crippen molar-refractivity contribution < 1.29 is 13.2 Å². The molecule has 2 aliphatic carbocycles. The number of aromatic nitrogens is 1. The van der Waals surface area contributed by atoms with Crippen LogP contribution in [-0.4, -0.2) is 36.2 Å². The number of fused-ring (bicyclic) bond motifs is 2. The number of nitrogens with one attached hydrogen (secondary N) is 2. The lowest BCUT2D eigenvalue weighted by atomic mass is 10.0. The molecule has 2 atom stereocenters. The molecule has 2 N–H and O–H groups in total. The molecule has 0 saturated carbocycles. The standard InChI is InChI=1S/C26H25N3O3S2.C7H6/c1-3-29(34(31,32)25-14-9-15-33-25)24(16-21-18-27-23-13-8-7-12-22(21)23)26(30)28-17-19(2)20-10-5-4-6-11-20;1-5-2-3-6-4-7(5)6/h1,4-15,18-19,24,27H,16-17H2,2H3,(H,28,30);2-4H,1H3. The van der Waals surface area contributed by atoms with E-state index in [1.54, 1.807) is 17.6 Å². The molecule has 0 aliphatic heterocycles. The third-order valence-corrected chi connectivity index (χ3v) is 10.3. The highest BCUT2D eigenvalue weighted by Gasteiger charge is 2.35. The highest BCUT2D eigenvalue weighted by Crippen LogP contribution is 2.37. The van der Waals surface area contributed by atoms with Crippen LogP contribution in [0.2, 0.25) is 0 Å². The molecule has 0 radical (unpaired) electrons. The Bertz CT molecular complexity index is 1800. The van der Waals surface area contributed by atoms with Gasteiger partial charge in [0.2, 0.25) is 5.91 Å². The number of sulfonamides is 1. The van der Waals surface area contributed by atoms with Crippen molar-refractivity contribution in [1.82, 2.24) is 14.6 Å².